The second-order valence-electron chi connectivity index (χ2n) is 8.33. The number of rotatable bonds is 2. The van der Waals surface area contributed by atoms with E-state index in [2.05, 4.69) is 26.9 Å². The number of nitrogens with zero attached hydrogens (tertiary/aromatic N) is 2. The van der Waals surface area contributed by atoms with Crippen LogP contribution in [0, 0.1) is 5.82 Å². The van der Waals surface area contributed by atoms with Crippen LogP contribution in [0.2, 0.25) is 0 Å². The zero-order chi connectivity index (χ0) is 18.9. The number of hydrogen-bond donors (Lipinski definition) is 1. The van der Waals surface area contributed by atoms with Crippen LogP contribution in [-0.2, 0) is 12.0 Å². The van der Waals surface area contributed by atoms with E-state index in [1.165, 1.54) is 27.7 Å². The fraction of sp³-hybridized carbons (Fsp3) is 0.391. The quantitative estimate of drug-likeness (QED) is 0.727. The van der Waals surface area contributed by atoms with Gasteiger partial charge in [-0.05, 0) is 60.7 Å². The predicted octanol–water partition coefficient (Wildman–Crippen LogP) is 4.18. The first-order valence-corrected chi connectivity index (χ1v) is 10.1. The van der Waals surface area contributed by atoms with Crippen molar-refractivity contribution >= 4 is 10.9 Å². The highest BCUT2D eigenvalue weighted by Gasteiger charge is 2.55. The average Bonchev–Trinajstić information content (AvgIpc) is 3.13. The molecule has 2 aromatic carbocycles. The van der Waals surface area contributed by atoms with Crippen molar-refractivity contribution in [3.63, 3.8) is 0 Å². The summed E-state index contributed by atoms with van der Waals surface area (Å²) in [6.45, 7) is 3.18. The number of piperidine rings is 1. The van der Waals surface area contributed by atoms with Gasteiger partial charge in [-0.3, -0.25) is 9.80 Å². The number of halogens is 1. The molecule has 1 atom stereocenters. The predicted molar refractivity (Wildman–Crippen MR) is 107 cm³/mol. The first kappa shape index (κ1) is 16.6. The van der Waals surface area contributed by atoms with Crippen LogP contribution in [0.3, 0.4) is 0 Å². The Kier molecular flexibility index (Phi) is 3.44. The van der Waals surface area contributed by atoms with Crippen molar-refractivity contribution in [3.05, 3.63) is 65.1 Å². The molecule has 0 radical (unpaired) electrons. The number of nitrogens with one attached hydrogen (secondary N) is 1. The van der Waals surface area contributed by atoms with Gasteiger partial charge >= 0.3 is 0 Å². The molecule has 0 saturated carbocycles. The maximum absolute atomic E-state index is 13.5. The van der Waals surface area contributed by atoms with E-state index < -0.39 is 0 Å². The van der Waals surface area contributed by atoms with Crippen LogP contribution in [0.1, 0.15) is 35.8 Å². The standard InChI is InChI=1S/C23H24FN3O/c1-28-17-6-7-20-19(14-17)18-8-11-27-22(15-2-4-16(24)5-3-15)26-12-9-23(27,10-13-26)21(18)25-20/h2-7,14,22,25H,8-13H2,1H3. The van der Waals surface area contributed by atoms with Crippen LogP contribution in [0.15, 0.2) is 42.5 Å². The Hall–Kier alpha value is -2.37. The van der Waals surface area contributed by atoms with E-state index in [0.29, 0.717) is 0 Å². The minimum Gasteiger partial charge on any atom is -0.497 e. The normalized spacial score (nSPS) is 28.9. The van der Waals surface area contributed by atoms with Gasteiger partial charge in [-0.15, -0.1) is 0 Å². The third kappa shape index (κ3) is 2.12. The lowest BCUT2D eigenvalue weighted by molar-refractivity contribution is -0.149. The number of aromatic nitrogens is 1. The summed E-state index contributed by atoms with van der Waals surface area (Å²) >= 11 is 0. The number of benzene rings is 2. The minimum atomic E-state index is -0.167. The van der Waals surface area contributed by atoms with Crippen molar-refractivity contribution in [2.45, 2.75) is 31.0 Å². The van der Waals surface area contributed by atoms with Crippen LogP contribution < -0.4 is 4.74 Å². The molecule has 3 saturated heterocycles. The van der Waals surface area contributed by atoms with Crippen LogP contribution >= 0.6 is 0 Å². The highest BCUT2D eigenvalue weighted by molar-refractivity contribution is 5.87. The number of hydrogen-bond acceptors (Lipinski definition) is 3. The molecule has 1 spiro atoms. The average molecular weight is 377 g/mol. The molecule has 1 N–H and O–H groups in total. The largest absolute Gasteiger partial charge is 0.497 e. The van der Waals surface area contributed by atoms with Crippen LogP contribution in [-0.4, -0.2) is 41.5 Å². The van der Waals surface area contributed by atoms with E-state index in [-0.39, 0.29) is 17.5 Å². The Morgan fingerprint density at radius 1 is 1.07 bits per heavy atom. The lowest BCUT2D eigenvalue weighted by atomic mass is 9.73. The molecule has 5 heterocycles. The van der Waals surface area contributed by atoms with Crippen molar-refractivity contribution in [3.8, 4) is 5.75 Å². The van der Waals surface area contributed by atoms with Gasteiger partial charge in [0.2, 0.25) is 0 Å². The van der Waals surface area contributed by atoms with Crippen LogP contribution in [0.5, 0.6) is 5.75 Å². The van der Waals surface area contributed by atoms with Crippen molar-refractivity contribution in [2.24, 2.45) is 0 Å². The van der Waals surface area contributed by atoms with Crippen LogP contribution in [0.4, 0.5) is 4.39 Å². The van der Waals surface area contributed by atoms with Gasteiger partial charge in [-0.25, -0.2) is 4.39 Å². The van der Waals surface area contributed by atoms with E-state index in [9.17, 15) is 4.39 Å². The molecule has 7 rings (SSSR count). The molecule has 144 valence electrons. The highest BCUT2D eigenvalue weighted by atomic mass is 19.1. The van der Waals surface area contributed by atoms with Gasteiger partial charge in [0.15, 0.2) is 0 Å². The minimum absolute atomic E-state index is 0.0492. The lowest BCUT2D eigenvalue weighted by Gasteiger charge is -2.62. The van der Waals surface area contributed by atoms with Gasteiger partial charge in [0.25, 0.3) is 0 Å². The van der Waals surface area contributed by atoms with Gasteiger partial charge in [-0.2, -0.15) is 0 Å². The molecule has 1 unspecified atom stereocenters. The lowest BCUT2D eigenvalue weighted by Crippen LogP contribution is -2.66. The number of fused-ring (bicyclic) bond motifs is 5. The first-order valence-electron chi connectivity index (χ1n) is 10.1. The molecular weight excluding hydrogens is 353 g/mol. The zero-order valence-electron chi connectivity index (χ0n) is 16.0. The third-order valence-corrected chi connectivity index (χ3v) is 7.17. The summed E-state index contributed by atoms with van der Waals surface area (Å²) in [5.41, 5.74) is 5.31. The SMILES string of the molecule is COc1ccc2[nH]c3c(c2c1)CCN1C(c2ccc(F)cc2)N2CCC31CC2. The number of H-pyrrole nitrogens is 1. The summed E-state index contributed by atoms with van der Waals surface area (Å²) < 4.78 is 19.0. The summed E-state index contributed by atoms with van der Waals surface area (Å²) in [7, 11) is 1.73. The molecule has 28 heavy (non-hydrogen) atoms. The Morgan fingerprint density at radius 2 is 1.86 bits per heavy atom. The highest BCUT2D eigenvalue weighted by Crippen LogP contribution is 2.54. The third-order valence-electron chi connectivity index (χ3n) is 7.17. The zero-order valence-corrected chi connectivity index (χ0v) is 16.0. The van der Waals surface area contributed by atoms with Crippen molar-refractivity contribution < 1.29 is 9.13 Å². The smallest absolute Gasteiger partial charge is 0.123 e. The van der Waals surface area contributed by atoms with Crippen molar-refractivity contribution in [2.75, 3.05) is 26.7 Å². The second kappa shape index (κ2) is 5.82. The molecule has 5 heteroatoms. The van der Waals surface area contributed by atoms with Gasteiger partial charge in [0.1, 0.15) is 11.6 Å². The Labute approximate surface area is 163 Å². The summed E-state index contributed by atoms with van der Waals surface area (Å²) in [6, 6.07) is 13.5. The van der Waals surface area contributed by atoms with Gasteiger partial charge in [-0.1, -0.05) is 12.1 Å². The number of ether oxygens (including phenoxy) is 1. The molecule has 0 amide bonds. The maximum atomic E-state index is 13.5. The second-order valence-corrected chi connectivity index (χ2v) is 8.33. The Balaban J connectivity index is 1.50. The summed E-state index contributed by atoms with van der Waals surface area (Å²) in [5.74, 6) is 0.747. The topological polar surface area (TPSA) is 31.5 Å². The molecule has 3 fully saturated rings. The number of aromatic amines is 1. The summed E-state index contributed by atoms with van der Waals surface area (Å²) in [4.78, 5) is 9.02. The van der Waals surface area contributed by atoms with E-state index in [1.807, 2.05) is 18.2 Å². The monoisotopic (exact) mass is 377 g/mol. The fourth-order valence-corrected chi connectivity index (χ4v) is 5.86. The van der Waals surface area contributed by atoms with E-state index in [4.69, 9.17) is 4.74 Å². The fourth-order valence-electron chi connectivity index (χ4n) is 5.86. The molecule has 4 nitrogen and oxygen atoms in total. The Bertz CT molecular complexity index is 1050. The Morgan fingerprint density at radius 3 is 2.61 bits per heavy atom. The molecule has 4 aliphatic rings. The molecule has 4 aliphatic heterocycles. The van der Waals surface area contributed by atoms with Crippen LogP contribution in [0.25, 0.3) is 10.9 Å². The first-order chi connectivity index (χ1) is 13.7. The summed E-state index contributed by atoms with van der Waals surface area (Å²) in [5, 5.41) is 1.30. The number of methoxy groups -OCH3 is 1. The molecule has 1 aromatic heterocycles. The van der Waals surface area contributed by atoms with E-state index >= 15 is 0 Å². The van der Waals surface area contributed by atoms with Crippen molar-refractivity contribution in [1.82, 2.24) is 14.8 Å². The maximum Gasteiger partial charge on any atom is 0.123 e. The van der Waals surface area contributed by atoms with Gasteiger partial charge < -0.3 is 9.72 Å². The summed E-state index contributed by atoms with van der Waals surface area (Å²) in [6.07, 6.45) is 3.54. The van der Waals surface area contributed by atoms with E-state index in [1.54, 1.807) is 19.2 Å². The molecule has 2 bridgehead atoms. The van der Waals surface area contributed by atoms with Gasteiger partial charge in [0.05, 0.1) is 18.8 Å². The van der Waals surface area contributed by atoms with Gasteiger partial charge in [0, 0.05) is 36.2 Å². The molecule has 0 aliphatic carbocycles. The molecular formula is C23H24FN3O. The van der Waals surface area contributed by atoms with E-state index in [0.717, 1.165) is 44.6 Å². The molecule has 3 aromatic rings. The van der Waals surface area contributed by atoms with Crippen molar-refractivity contribution in [1.29, 1.82) is 0 Å².